The Kier molecular flexibility index (Phi) is 6.81. The highest BCUT2D eigenvalue weighted by atomic mass is 19.1. The average Bonchev–Trinajstić information content (AvgIpc) is 2.85. The highest BCUT2D eigenvalue weighted by Gasteiger charge is 2.19. The minimum absolute atomic E-state index is 0.0000939. The van der Waals surface area contributed by atoms with Crippen LogP contribution in [-0.4, -0.2) is 53.8 Å². The van der Waals surface area contributed by atoms with Crippen molar-refractivity contribution >= 4 is 34.7 Å². The number of nitrogens with one attached hydrogen (secondary N) is 3. The maximum absolute atomic E-state index is 14.8. The summed E-state index contributed by atoms with van der Waals surface area (Å²) in [6, 6.07) is 8.84. The first-order valence-corrected chi connectivity index (χ1v) is 11.2. The van der Waals surface area contributed by atoms with Gasteiger partial charge in [-0.25, -0.2) is 8.78 Å². The second-order valence-corrected chi connectivity index (χ2v) is 8.46. The van der Waals surface area contributed by atoms with Gasteiger partial charge in [0.15, 0.2) is 11.9 Å². The Morgan fingerprint density at radius 1 is 0.829 bits per heavy atom. The molecule has 35 heavy (non-hydrogen) atoms. The molecular weight excluding hydrogens is 452 g/mol. The smallest absolute Gasteiger partial charge is 0.258 e. The van der Waals surface area contributed by atoms with Crippen LogP contribution in [0.15, 0.2) is 48.6 Å². The van der Waals surface area contributed by atoms with Crippen LogP contribution in [0.1, 0.15) is 34.3 Å². The zero-order valence-corrected chi connectivity index (χ0v) is 19.1. The molecule has 2 heterocycles. The molecule has 8 nitrogen and oxygen atoms in total. The average molecular weight is 480 g/mol. The van der Waals surface area contributed by atoms with Crippen molar-refractivity contribution in [2.45, 2.75) is 12.8 Å². The Morgan fingerprint density at radius 3 is 1.77 bits per heavy atom. The predicted molar refractivity (Wildman–Crippen MR) is 133 cm³/mol. The zero-order chi connectivity index (χ0) is 25.1. The second kappa shape index (κ2) is 9.96. The third kappa shape index (κ3) is 5.32. The molecular formula is C25H27F2N7O. The quantitative estimate of drug-likeness (QED) is 0.339. The van der Waals surface area contributed by atoms with Crippen molar-refractivity contribution in [2.24, 2.45) is 11.5 Å². The summed E-state index contributed by atoms with van der Waals surface area (Å²) >= 11 is 0. The SMILES string of the molecule is N=C(N)N1CC=C(c2ccc(NC(=O)c3ccc(C4=CCN(C(=N)N)CC4)cc3F)c(F)c2)CC1. The van der Waals surface area contributed by atoms with Gasteiger partial charge in [0.05, 0.1) is 11.3 Å². The van der Waals surface area contributed by atoms with Crippen LogP contribution >= 0.6 is 0 Å². The minimum atomic E-state index is -0.741. The van der Waals surface area contributed by atoms with Gasteiger partial charge in [0, 0.05) is 26.2 Å². The van der Waals surface area contributed by atoms with Crippen LogP contribution in [0.4, 0.5) is 14.5 Å². The molecule has 0 bridgehead atoms. The van der Waals surface area contributed by atoms with Gasteiger partial charge in [-0.1, -0.05) is 24.3 Å². The van der Waals surface area contributed by atoms with E-state index < -0.39 is 17.5 Å². The molecule has 4 rings (SSSR count). The Labute approximate surface area is 201 Å². The van der Waals surface area contributed by atoms with Crippen molar-refractivity contribution in [3.05, 3.63) is 76.9 Å². The Morgan fingerprint density at radius 2 is 1.34 bits per heavy atom. The van der Waals surface area contributed by atoms with Crippen molar-refractivity contribution in [3.63, 3.8) is 0 Å². The fourth-order valence-electron chi connectivity index (χ4n) is 4.21. The monoisotopic (exact) mass is 479 g/mol. The molecule has 2 aromatic carbocycles. The first kappa shape index (κ1) is 23.9. The molecule has 0 saturated carbocycles. The number of hydrogen-bond donors (Lipinski definition) is 5. The second-order valence-electron chi connectivity index (χ2n) is 8.46. The van der Waals surface area contributed by atoms with Gasteiger partial charge in [-0.05, 0) is 59.4 Å². The highest BCUT2D eigenvalue weighted by Crippen LogP contribution is 2.27. The molecule has 0 spiro atoms. The highest BCUT2D eigenvalue weighted by molar-refractivity contribution is 6.04. The largest absolute Gasteiger partial charge is 0.370 e. The first-order valence-electron chi connectivity index (χ1n) is 11.2. The fourth-order valence-corrected chi connectivity index (χ4v) is 4.21. The van der Waals surface area contributed by atoms with E-state index >= 15 is 0 Å². The summed E-state index contributed by atoms with van der Waals surface area (Å²) in [5, 5.41) is 17.4. The summed E-state index contributed by atoms with van der Waals surface area (Å²) in [5.74, 6) is -2.07. The number of anilines is 1. The van der Waals surface area contributed by atoms with E-state index in [0.29, 0.717) is 50.1 Å². The van der Waals surface area contributed by atoms with Crippen molar-refractivity contribution in [2.75, 3.05) is 31.5 Å². The number of halogens is 2. The zero-order valence-electron chi connectivity index (χ0n) is 19.1. The number of carbonyl (C=O) groups is 1. The van der Waals surface area contributed by atoms with Crippen molar-refractivity contribution in [1.29, 1.82) is 10.8 Å². The van der Waals surface area contributed by atoms with E-state index in [0.717, 1.165) is 11.1 Å². The summed E-state index contributed by atoms with van der Waals surface area (Å²) in [5.41, 5.74) is 14.0. The summed E-state index contributed by atoms with van der Waals surface area (Å²) in [6.07, 6.45) is 5.00. The molecule has 2 aromatic rings. The summed E-state index contributed by atoms with van der Waals surface area (Å²) < 4.78 is 29.5. The van der Waals surface area contributed by atoms with Crippen molar-refractivity contribution in [1.82, 2.24) is 9.80 Å². The van der Waals surface area contributed by atoms with Crippen molar-refractivity contribution in [3.8, 4) is 0 Å². The van der Waals surface area contributed by atoms with Crippen LogP contribution in [-0.2, 0) is 0 Å². The van der Waals surface area contributed by atoms with E-state index in [1.807, 2.05) is 12.2 Å². The molecule has 10 heteroatoms. The Hall–Kier alpha value is -4.21. The molecule has 0 radical (unpaired) electrons. The molecule has 2 aliphatic heterocycles. The number of rotatable bonds is 4. The van der Waals surface area contributed by atoms with E-state index in [-0.39, 0.29) is 23.2 Å². The van der Waals surface area contributed by atoms with Gasteiger partial charge in [-0.3, -0.25) is 15.6 Å². The van der Waals surface area contributed by atoms with E-state index in [4.69, 9.17) is 22.3 Å². The van der Waals surface area contributed by atoms with Gasteiger partial charge in [0.1, 0.15) is 11.6 Å². The lowest BCUT2D eigenvalue weighted by Gasteiger charge is -2.26. The molecule has 7 N–H and O–H groups in total. The lowest BCUT2D eigenvalue weighted by molar-refractivity contribution is 0.102. The lowest BCUT2D eigenvalue weighted by Crippen LogP contribution is -2.39. The first-order chi connectivity index (χ1) is 16.7. The Bertz CT molecular complexity index is 1250. The maximum Gasteiger partial charge on any atom is 0.258 e. The van der Waals surface area contributed by atoms with E-state index in [1.54, 1.807) is 21.9 Å². The summed E-state index contributed by atoms with van der Waals surface area (Å²) in [6.45, 7) is 2.08. The Balaban J connectivity index is 1.44. The topological polar surface area (TPSA) is 135 Å². The van der Waals surface area contributed by atoms with Gasteiger partial charge in [0.25, 0.3) is 5.91 Å². The molecule has 0 aromatic heterocycles. The predicted octanol–water partition coefficient (Wildman–Crippen LogP) is 3.18. The van der Waals surface area contributed by atoms with E-state index in [1.165, 1.54) is 24.3 Å². The number of hydrogen-bond acceptors (Lipinski definition) is 3. The van der Waals surface area contributed by atoms with Gasteiger partial charge >= 0.3 is 0 Å². The van der Waals surface area contributed by atoms with Gasteiger partial charge in [0.2, 0.25) is 0 Å². The molecule has 0 fully saturated rings. The van der Waals surface area contributed by atoms with Crippen LogP contribution in [0.5, 0.6) is 0 Å². The molecule has 0 atom stereocenters. The van der Waals surface area contributed by atoms with Crippen molar-refractivity contribution < 1.29 is 13.6 Å². The normalized spacial score (nSPS) is 15.8. The number of amides is 1. The number of benzene rings is 2. The third-order valence-corrected chi connectivity index (χ3v) is 6.27. The fraction of sp³-hybridized carbons (Fsp3) is 0.240. The lowest BCUT2D eigenvalue weighted by atomic mass is 9.97. The molecule has 182 valence electrons. The standard InChI is InChI=1S/C25H27F2N7O/c26-20-13-17(15-5-9-33(10-6-15)24(28)29)1-3-19(20)23(35)32-22-4-2-18(14-21(22)27)16-7-11-34(12-8-16)25(30)31/h1-5,7,13-14H,6,8-12H2,(H3,28,29)(H3,30,31)(H,32,35). The maximum atomic E-state index is 14.8. The molecule has 0 saturated heterocycles. The van der Waals surface area contributed by atoms with Gasteiger partial charge < -0.3 is 26.6 Å². The summed E-state index contributed by atoms with van der Waals surface area (Å²) in [7, 11) is 0. The van der Waals surface area contributed by atoms with Crippen LogP contribution in [0, 0.1) is 22.5 Å². The van der Waals surface area contributed by atoms with E-state index in [9.17, 15) is 13.6 Å². The number of nitrogens with two attached hydrogens (primary N) is 2. The number of guanidine groups is 2. The van der Waals surface area contributed by atoms with Crippen LogP contribution in [0.2, 0.25) is 0 Å². The molecule has 0 aliphatic carbocycles. The molecule has 0 unspecified atom stereocenters. The molecule has 2 aliphatic rings. The van der Waals surface area contributed by atoms with Crippen LogP contribution in [0.3, 0.4) is 0 Å². The third-order valence-electron chi connectivity index (χ3n) is 6.27. The van der Waals surface area contributed by atoms with E-state index in [2.05, 4.69) is 5.32 Å². The van der Waals surface area contributed by atoms with Gasteiger partial charge in [-0.15, -0.1) is 0 Å². The molecule has 1 amide bonds. The number of carbonyl (C=O) groups excluding carboxylic acids is 1. The van der Waals surface area contributed by atoms with Gasteiger partial charge in [-0.2, -0.15) is 0 Å². The summed E-state index contributed by atoms with van der Waals surface area (Å²) in [4.78, 5) is 16.1. The number of nitrogens with zero attached hydrogens (tertiary/aromatic N) is 2. The minimum Gasteiger partial charge on any atom is -0.370 e. The van der Waals surface area contributed by atoms with Crippen LogP contribution < -0.4 is 16.8 Å². The van der Waals surface area contributed by atoms with Crippen LogP contribution in [0.25, 0.3) is 11.1 Å².